The lowest BCUT2D eigenvalue weighted by Crippen LogP contribution is -2.68. The van der Waals surface area contributed by atoms with Crippen molar-refractivity contribution >= 4 is 11.9 Å². The van der Waals surface area contributed by atoms with Gasteiger partial charge in [-0.05, 0) is 68.0 Å². The van der Waals surface area contributed by atoms with Crippen LogP contribution in [0.4, 0.5) is 0 Å². The van der Waals surface area contributed by atoms with Gasteiger partial charge < -0.3 is 14.7 Å². The molecule has 0 bridgehead atoms. The maximum absolute atomic E-state index is 13.8. The zero-order valence-electron chi connectivity index (χ0n) is 22.4. The highest BCUT2D eigenvalue weighted by atomic mass is 16.6. The standard InChI is InChI=1S/C31H40N2O4/c1-5-17-32-18-16-30(26-12-9-13-28(35)19-26)20-27(14-15-31(30,22-32)37-24(4)34)33(21-23(2)3)29(36)25-10-7-6-8-11-25/h5-13,19,23,27,35H,1,14-18,20-22H2,2-4H3/t27-,30?,31?/m0/s1. The van der Waals surface area contributed by atoms with E-state index in [1.165, 1.54) is 6.92 Å². The smallest absolute Gasteiger partial charge is 0.303 e. The minimum Gasteiger partial charge on any atom is -0.508 e. The molecule has 3 atom stereocenters. The van der Waals surface area contributed by atoms with Crippen LogP contribution in [0, 0.1) is 5.92 Å². The van der Waals surface area contributed by atoms with Gasteiger partial charge in [-0.1, -0.05) is 50.3 Å². The van der Waals surface area contributed by atoms with E-state index in [0.29, 0.717) is 44.0 Å². The fourth-order valence-electron chi connectivity index (χ4n) is 6.61. The van der Waals surface area contributed by atoms with Crippen LogP contribution in [0.2, 0.25) is 0 Å². The summed E-state index contributed by atoms with van der Waals surface area (Å²) in [5, 5.41) is 10.5. The van der Waals surface area contributed by atoms with Crippen molar-refractivity contribution in [3.63, 3.8) is 0 Å². The fourth-order valence-corrected chi connectivity index (χ4v) is 6.61. The maximum atomic E-state index is 13.8. The van der Waals surface area contributed by atoms with E-state index in [1.807, 2.05) is 59.5 Å². The van der Waals surface area contributed by atoms with E-state index in [1.54, 1.807) is 6.07 Å². The van der Waals surface area contributed by atoms with Crippen LogP contribution < -0.4 is 0 Å². The van der Waals surface area contributed by atoms with Gasteiger partial charge in [-0.3, -0.25) is 14.5 Å². The summed E-state index contributed by atoms with van der Waals surface area (Å²) in [5.41, 5.74) is 0.356. The molecule has 2 unspecified atom stereocenters. The second-order valence-electron chi connectivity index (χ2n) is 11.1. The van der Waals surface area contributed by atoms with Gasteiger partial charge in [0.15, 0.2) is 0 Å². The molecule has 1 aliphatic heterocycles. The number of nitrogens with zero attached hydrogens (tertiary/aromatic N) is 2. The quantitative estimate of drug-likeness (QED) is 0.397. The van der Waals surface area contributed by atoms with Gasteiger partial charge in [-0.25, -0.2) is 0 Å². The number of hydrogen-bond donors (Lipinski definition) is 1. The Hall–Kier alpha value is -3.12. The van der Waals surface area contributed by atoms with Crippen molar-refractivity contribution in [2.24, 2.45) is 5.92 Å². The summed E-state index contributed by atoms with van der Waals surface area (Å²) < 4.78 is 6.31. The van der Waals surface area contributed by atoms with Crippen molar-refractivity contribution in [1.82, 2.24) is 9.80 Å². The number of piperidine rings is 1. The van der Waals surface area contributed by atoms with Gasteiger partial charge in [0.2, 0.25) is 0 Å². The van der Waals surface area contributed by atoms with Crippen LogP contribution in [-0.4, -0.2) is 64.6 Å². The van der Waals surface area contributed by atoms with Gasteiger partial charge in [0.05, 0.1) is 0 Å². The van der Waals surface area contributed by atoms with E-state index in [-0.39, 0.29) is 23.7 Å². The molecule has 1 saturated carbocycles. The number of aromatic hydroxyl groups is 1. The van der Waals surface area contributed by atoms with Crippen LogP contribution >= 0.6 is 0 Å². The number of esters is 1. The predicted molar refractivity (Wildman–Crippen MR) is 145 cm³/mol. The Bertz CT molecular complexity index is 1120. The molecule has 1 aliphatic carbocycles. The van der Waals surface area contributed by atoms with Crippen LogP contribution in [-0.2, 0) is 14.9 Å². The maximum Gasteiger partial charge on any atom is 0.303 e. The monoisotopic (exact) mass is 504 g/mol. The van der Waals surface area contributed by atoms with Crippen molar-refractivity contribution in [2.45, 2.75) is 63.5 Å². The third kappa shape index (κ3) is 5.45. The Balaban J connectivity index is 1.80. The minimum atomic E-state index is -0.760. The van der Waals surface area contributed by atoms with Crippen LogP contribution in [0.25, 0.3) is 0 Å². The number of likely N-dealkylation sites (tertiary alicyclic amines) is 1. The zero-order chi connectivity index (χ0) is 26.6. The molecule has 1 amide bonds. The lowest BCUT2D eigenvalue weighted by atomic mass is 9.54. The molecular formula is C31H40N2O4. The summed E-state index contributed by atoms with van der Waals surface area (Å²) in [6.07, 6.45) is 4.68. The van der Waals surface area contributed by atoms with Crippen LogP contribution in [0.3, 0.4) is 0 Å². The molecule has 2 aliphatic rings. The number of phenolic OH excluding ortho intramolecular Hbond substituents is 1. The predicted octanol–water partition coefficient (Wildman–Crippen LogP) is 5.17. The molecule has 0 radical (unpaired) electrons. The summed E-state index contributed by atoms with van der Waals surface area (Å²) in [6.45, 7) is 12.4. The summed E-state index contributed by atoms with van der Waals surface area (Å²) >= 11 is 0. The SMILES string of the molecule is C=CCN1CCC2(c3cccc(O)c3)C[C@@H](N(CC(C)C)C(=O)c3ccccc3)CCC2(OC(C)=O)C1. The van der Waals surface area contributed by atoms with Gasteiger partial charge in [-0.15, -0.1) is 6.58 Å². The van der Waals surface area contributed by atoms with E-state index in [0.717, 1.165) is 24.9 Å². The zero-order valence-corrected chi connectivity index (χ0v) is 22.4. The molecule has 1 N–H and O–H groups in total. The van der Waals surface area contributed by atoms with E-state index >= 15 is 0 Å². The van der Waals surface area contributed by atoms with E-state index in [4.69, 9.17) is 4.74 Å². The van der Waals surface area contributed by atoms with Crippen molar-refractivity contribution in [1.29, 1.82) is 0 Å². The van der Waals surface area contributed by atoms with Crippen LogP contribution in [0.5, 0.6) is 5.75 Å². The minimum absolute atomic E-state index is 0.0212. The lowest BCUT2D eigenvalue weighted by molar-refractivity contribution is -0.188. The summed E-state index contributed by atoms with van der Waals surface area (Å²) in [6, 6.07) is 16.8. The highest BCUT2D eigenvalue weighted by molar-refractivity contribution is 5.94. The molecule has 1 saturated heterocycles. The molecule has 2 fully saturated rings. The Morgan fingerprint density at radius 3 is 2.59 bits per heavy atom. The number of rotatable bonds is 8. The van der Waals surface area contributed by atoms with Gasteiger partial charge in [0.25, 0.3) is 5.91 Å². The number of carbonyl (C=O) groups excluding carboxylic acids is 2. The lowest BCUT2D eigenvalue weighted by Gasteiger charge is -2.60. The molecule has 1 heterocycles. The average Bonchev–Trinajstić information content (AvgIpc) is 2.87. The van der Waals surface area contributed by atoms with E-state index < -0.39 is 11.0 Å². The molecule has 198 valence electrons. The molecule has 4 rings (SSSR count). The van der Waals surface area contributed by atoms with Crippen molar-refractivity contribution in [2.75, 3.05) is 26.2 Å². The van der Waals surface area contributed by atoms with Crippen molar-refractivity contribution in [3.8, 4) is 5.75 Å². The number of amides is 1. The first kappa shape index (κ1) is 26.9. The third-order valence-electron chi connectivity index (χ3n) is 8.08. The Labute approximate surface area is 220 Å². The first-order chi connectivity index (χ1) is 17.7. The molecule has 37 heavy (non-hydrogen) atoms. The molecule has 2 aromatic rings. The number of phenols is 1. The summed E-state index contributed by atoms with van der Waals surface area (Å²) in [7, 11) is 0. The Morgan fingerprint density at radius 2 is 1.95 bits per heavy atom. The fraction of sp³-hybridized carbons (Fsp3) is 0.484. The van der Waals surface area contributed by atoms with Crippen molar-refractivity contribution in [3.05, 3.63) is 78.4 Å². The van der Waals surface area contributed by atoms with Crippen LogP contribution in [0.15, 0.2) is 67.3 Å². The van der Waals surface area contributed by atoms with E-state index in [2.05, 4.69) is 25.3 Å². The second kappa shape index (κ2) is 11.1. The first-order valence-electron chi connectivity index (χ1n) is 13.4. The largest absolute Gasteiger partial charge is 0.508 e. The second-order valence-corrected chi connectivity index (χ2v) is 11.1. The first-order valence-corrected chi connectivity index (χ1v) is 13.4. The normalized spacial score (nSPS) is 25.8. The molecule has 0 spiro atoms. The van der Waals surface area contributed by atoms with Gasteiger partial charge in [0.1, 0.15) is 11.4 Å². The van der Waals surface area contributed by atoms with Crippen LogP contribution in [0.1, 0.15) is 62.4 Å². The molecular weight excluding hydrogens is 464 g/mol. The van der Waals surface area contributed by atoms with Gasteiger partial charge in [-0.2, -0.15) is 0 Å². The number of ether oxygens (including phenoxy) is 1. The van der Waals surface area contributed by atoms with E-state index in [9.17, 15) is 14.7 Å². The summed E-state index contributed by atoms with van der Waals surface area (Å²) in [5.74, 6) is 0.231. The summed E-state index contributed by atoms with van der Waals surface area (Å²) in [4.78, 5) is 30.7. The van der Waals surface area contributed by atoms with Gasteiger partial charge in [0, 0.05) is 43.6 Å². The number of carbonyl (C=O) groups is 2. The van der Waals surface area contributed by atoms with Crippen molar-refractivity contribution < 1.29 is 19.4 Å². The topological polar surface area (TPSA) is 70.1 Å². The molecule has 2 aromatic carbocycles. The highest BCUT2D eigenvalue weighted by Gasteiger charge is 2.61. The molecule has 0 aromatic heterocycles. The molecule has 6 heteroatoms. The average molecular weight is 505 g/mol. The number of hydrogen-bond acceptors (Lipinski definition) is 5. The number of fused-ring (bicyclic) bond motifs is 1. The highest BCUT2D eigenvalue weighted by Crippen LogP contribution is 2.55. The van der Waals surface area contributed by atoms with Gasteiger partial charge >= 0.3 is 5.97 Å². The Kier molecular flexibility index (Phi) is 8.08. The number of benzene rings is 2. The Morgan fingerprint density at radius 1 is 1.19 bits per heavy atom. The molecule has 6 nitrogen and oxygen atoms in total. The third-order valence-corrected chi connectivity index (χ3v) is 8.08.